The van der Waals surface area contributed by atoms with E-state index in [9.17, 15) is 4.79 Å². The lowest BCUT2D eigenvalue weighted by Gasteiger charge is -1.99. The molecule has 2 aromatic carbocycles. The fourth-order valence-electron chi connectivity index (χ4n) is 1.51. The average molecular weight is 238 g/mol. The van der Waals surface area contributed by atoms with Gasteiger partial charge >= 0.3 is 0 Å². The molecule has 5 heteroatoms. The van der Waals surface area contributed by atoms with Crippen molar-refractivity contribution in [2.24, 2.45) is 16.0 Å². The largest absolute Gasteiger partial charge is 0.367 e. The summed E-state index contributed by atoms with van der Waals surface area (Å²) in [4.78, 5) is 10.8. The maximum absolute atomic E-state index is 10.8. The fraction of sp³-hybridized carbons (Fsp3) is 0.0769. The molecule has 0 aromatic heterocycles. The van der Waals surface area contributed by atoms with Crippen LogP contribution in [0.15, 0.2) is 52.7 Å². The van der Waals surface area contributed by atoms with E-state index in [1.165, 1.54) is 0 Å². The molecule has 2 aromatic rings. The molecule has 5 nitrogen and oxygen atoms in total. The molecular formula is C13H10N4O. The smallest absolute Gasteiger partial charge is 0.258 e. The topological polar surface area (TPSA) is 91.6 Å². The maximum Gasteiger partial charge on any atom is 0.258 e. The monoisotopic (exact) mass is 238 g/mol. The van der Waals surface area contributed by atoms with Crippen LogP contribution in [0.5, 0.6) is 0 Å². The first-order valence-electron chi connectivity index (χ1n) is 5.29. The predicted molar refractivity (Wildman–Crippen MR) is 67.1 cm³/mol. The fourth-order valence-corrected chi connectivity index (χ4v) is 1.51. The van der Waals surface area contributed by atoms with Crippen LogP contribution >= 0.6 is 0 Å². The molecule has 0 spiro atoms. The molecule has 18 heavy (non-hydrogen) atoms. The number of azo groups is 1. The van der Waals surface area contributed by atoms with Gasteiger partial charge in [-0.2, -0.15) is 15.5 Å². The molecule has 2 rings (SSSR count). The minimum Gasteiger partial charge on any atom is -0.367 e. The van der Waals surface area contributed by atoms with Gasteiger partial charge in [-0.15, -0.1) is 0 Å². The van der Waals surface area contributed by atoms with Crippen molar-refractivity contribution in [1.82, 2.24) is 0 Å². The first kappa shape index (κ1) is 11.7. The van der Waals surface area contributed by atoms with Gasteiger partial charge in [-0.05, 0) is 22.9 Å². The van der Waals surface area contributed by atoms with Gasteiger partial charge < -0.3 is 5.73 Å². The van der Waals surface area contributed by atoms with Crippen molar-refractivity contribution < 1.29 is 4.79 Å². The minimum atomic E-state index is -1.24. The maximum atomic E-state index is 10.8. The summed E-state index contributed by atoms with van der Waals surface area (Å²) >= 11 is 0. The van der Waals surface area contributed by atoms with Gasteiger partial charge in [0.2, 0.25) is 6.04 Å². The zero-order valence-electron chi connectivity index (χ0n) is 9.45. The standard InChI is InChI=1S/C13H10N4O/c14-8-12(13(15)18)17-16-11-6-5-9-3-1-2-4-10(9)7-11/h1-7,12H,(H2,15,18)/t12-/m1/s1. The second kappa shape index (κ2) is 5.06. The highest BCUT2D eigenvalue weighted by molar-refractivity contribution is 5.85. The minimum absolute atomic E-state index is 0.579. The molecular weight excluding hydrogens is 228 g/mol. The van der Waals surface area contributed by atoms with E-state index in [0.29, 0.717) is 5.69 Å². The van der Waals surface area contributed by atoms with Crippen molar-refractivity contribution in [3.63, 3.8) is 0 Å². The molecule has 0 radical (unpaired) electrons. The third-order valence-electron chi connectivity index (χ3n) is 2.41. The Kier molecular flexibility index (Phi) is 3.30. The van der Waals surface area contributed by atoms with Gasteiger partial charge in [0.15, 0.2) is 0 Å². The van der Waals surface area contributed by atoms with Crippen LogP contribution < -0.4 is 5.73 Å². The number of hydrogen-bond donors (Lipinski definition) is 1. The van der Waals surface area contributed by atoms with Crippen molar-refractivity contribution in [3.05, 3.63) is 42.5 Å². The van der Waals surface area contributed by atoms with E-state index in [0.717, 1.165) is 10.8 Å². The molecule has 0 saturated carbocycles. The van der Waals surface area contributed by atoms with Crippen LogP contribution in [0.25, 0.3) is 10.8 Å². The van der Waals surface area contributed by atoms with Crippen LogP contribution in [0.3, 0.4) is 0 Å². The van der Waals surface area contributed by atoms with E-state index < -0.39 is 11.9 Å². The number of nitrogens with two attached hydrogens (primary N) is 1. The molecule has 1 amide bonds. The van der Waals surface area contributed by atoms with Crippen LogP contribution in [0.1, 0.15) is 0 Å². The highest BCUT2D eigenvalue weighted by Gasteiger charge is 2.11. The van der Waals surface area contributed by atoms with E-state index in [1.54, 1.807) is 12.1 Å². The van der Waals surface area contributed by atoms with Gasteiger partial charge in [0, 0.05) is 0 Å². The Balaban J connectivity index is 2.30. The lowest BCUT2D eigenvalue weighted by molar-refractivity contribution is -0.118. The van der Waals surface area contributed by atoms with Crippen molar-refractivity contribution >= 4 is 22.4 Å². The van der Waals surface area contributed by atoms with E-state index in [-0.39, 0.29) is 0 Å². The molecule has 0 fully saturated rings. The van der Waals surface area contributed by atoms with Gasteiger partial charge in [0.25, 0.3) is 5.91 Å². The van der Waals surface area contributed by atoms with Crippen LogP contribution in [-0.4, -0.2) is 11.9 Å². The zero-order valence-corrected chi connectivity index (χ0v) is 9.45. The van der Waals surface area contributed by atoms with Crippen molar-refractivity contribution in [1.29, 1.82) is 5.26 Å². The lowest BCUT2D eigenvalue weighted by Crippen LogP contribution is -2.24. The number of primary amides is 1. The lowest BCUT2D eigenvalue weighted by atomic mass is 10.1. The molecule has 1 atom stereocenters. The number of carbonyl (C=O) groups is 1. The van der Waals surface area contributed by atoms with Crippen LogP contribution in [0.4, 0.5) is 5.69 Å². The predicted octanol–water partition coefficient (Wildman–Crippen LogP) is 2.30. The third-order valence-corrected chi connectivity index (χ3v) is 2.41. The summed E-state index contributed by atoms with van der Waals surface area (Å²) in [7, 11) is 0. The Hall–Kier alpha value is -2.74. The van der Waals surface area contributed by atoms with E-state index in [1.807, 2.05) is 36.4 Å². The second-order valence-electron chi connectivity index (χ2n) is 3.68. The Morgan fingerprint density at radius 3 is 2.61 bits per heavy atom. The zero-order chi connectivity index (χ0) is 13.0. The number of hydrogen-bond acceptors (Lipinski definition) is 4. The number of nitriles is 1. The van der Waals surface area contributed by atoms with Crippen molar-refractivity contribution in [3.8, 4) is 6.07 Å². The molecule has 88 valence electrons. The van der Waals surface area contributed by atoms with E-state index >= 15 is 0 Å². The van der Waals surface area contributed by atoms with Crippen molar-refractivity contribution in [2.75, 3.05) is 0 Å². The SMILES string of the molecule is N#C[C@@H](N=Nc1ccc2ccccc2c1)C(N)=O. The molecule has 0 heterocycles. The molecule has 2 N–H and O–H groups in total. The quantitative estimate of drug-likeness (QED) is 0.831. The Morgan fingerprint density at radius 1 is 1.22 bits per heavy atom. The summed E-state index contributed by atoms with van der Waals surface area (Å²) in [6.07, 6.45) is 0. The normalized spacial score (nSPS) is 12.4. The summed E-state index contributed by atoms with van der Waals surface area (Å²) < 4.78 is 0. The number of carbonyl (C=O) groups excluding carboxylic acids is 1. The molecule has 0 unspecified atom stereocenters. The third kappa shape index (κ3) is 2.50. The van der Waals surface area contributed by atoms with Crippen LogP contribution in [-0.2, 0) is 4.79 Å². The van der Waals surface area contributed by atoms with Gasteiger partial charge in [-0.1, -0.05) is 30.3 Å². The average Bonchev–Trinajstić information content (AvgIpc) is 2.39. The second-order valence-corrected chi connectivity index (χ2v) is 3.68. The van der Waals surface area contributed by atoms with Gasteiger partial charge in [0.1, 0.15) is 6.07 Å². The van der Waals surface area contributed by atoms with E-state index in [2.05, 4.69) is 10.2 Å². The number of fused-ring (bicyclic) bond motifs is 1. The Bertz CT molecular complexity index is 657. The first-order chi connectivity index (χ1) is 8.70. The number of amides is 1. The first-order valence-corrected chi connectivity index (χ1v) is 5.29. The highest BCUT2D eigenvalue weighted by Crippen LogP contribution is 2.21. The molecule has 0 bridgehead atoms. The van der Waals surface area contributed by atoms with Crippen LogP contribution in [0, 0.1) is 11.3 Å². The van der Waals surface area contributed by atoms with Gasteiger partial charge in [0.05, 0.1) is 5.69 Å². The van der Waals surface area contributed by atoms with Gasteiger partial charge in [-0.3, -0.25) is 4.79 Å². The molecule has 0 aliphatic heterocycles. The Morgan fingerprint density at radius 2 is 1.94 bits per heavy atom. The number of nitrogens with zero attached hydrogens (tertiary/aromatic N) is 3. The molecule has 0 aliphatic carbocycles. The van der Waals surface area contributed by atoms with Crippen LogP contribution in [0.2, 0.25) is 0 Å². The molecule has 0 saturated heterocycles. The number of benzene rings is 2. The summed E-state index contributed by atoms with van der Waals surface area (Å²) in [6, 6.07) is 13.7. The number of rotatable bonds is 3. The molecule has 0 aliphatic rings. The van der Waals surface area contributed by atoms with E-state index in [4.69, 9.17) is 11.0 Å². The highest BCUT2D eigenvalue weighted by atomic mass is 16.1. The van der Waals surface area contributed by atoms with Crippen molar-refractivity contribution in [2.45, 2.75) is 6.04 Å². The summed E-state index contributed by atoms with van der Waals surface area (Å²) in [5, 5.41) is 18.2. The summed E-state index contributed by atoms with van der Waals surface area (Å²) in [5.74, 6) is -0.804. The Labute approximate surface area is 104 Å². The summed E-state index contributed by atoms with van der Waals surface area (Å²) in [6.45, 7) is 0. The summed E-state index contributed by atoms with van der Waals surface area (Å²) in [5.41, 5.74) is 5.57. The van der Waals surface area contributed by atoms with Gasteiger partial charge in [-0.25, -0.2) is 0 Å².